The van der Waals surface area contributed by atoms with Gasteiger partial charge in [0.2, 0.25) is 0 Å². The molecule has 0 saturated heterocycles. The first-order valence-electron chi connectivity index (χ1n) is 5.50. The molecule has 0 heterocycles. The van der Waals surface area contributed by atoms with E-state index in [1.165, 1.54) is 0 Å². The fraction of sp³-hybridized carbons (Fsp3) is 1.00. The first kappa shape index (κ1) is 23.4. The molecule has 20 heavy (non-hydrogen) atoms. The second kappa shape index (κ2) is 13.6. The van der Waals surface area contributed by atoms with E-state index in [4.69, 9.17) is 9.05 Å². The molecule has 0 aromatic rings. The minimum absolute atomic E-state index is 0.0592. The Bertz CT molecular complexity index is 255. The summed E-state index contributed by atoms with van der Waals surface area (Å²) in [7, 11) is 0. The van der Waals surface area contributed by atoms with E-state index in [1.807, 2.05) is 0 Å². The summed E-state index contributed by atoms with van der Waals surface area (Å²) in [6.45, 7) is 0.800. The predicted octanol–water partition coefficient (Wildman–Crippen LogP) is 4.38. The SMILES string of the molecule is [O]=[Sb]([O]CC(Br)CBr)([O]CC(Br)CBr)[O]CC(Br)CBr. The van der Waals surface area contributed by atoms with Crippen LogP contribution in [0.15, 0.2) is 0 Å². The van der Waals surface area contributed by atoms with Gasteiger partial charge in [-0.25, -0.2) is 0 Å². The van der Waals surface area contributed by atoms with Crippen LogP contribution in [0.4, 0.5) is 0 Å². The average molecular weight is 788 g/mol. The zero-order valence-electron chi connectivity index (χ0n) is 10.3. The van der Waals surface area contributed by atoms with Crippen LogP contribution in [0, 0.1) is 0 Å². The number of rotatable bonds is 12. The second-order valence-corrected chi connectivity index (χ2v) is 14.2. The molecule has 0 fully saturated rings. The molecule has 0 amide bonds. The normalized spacial score (nSPS) is 19.3. The van der Waals surface area contributed by atoms with E-state index in [9.17, 15) is 3.02 Å². The van der Waals surface area contributed by atoms with Crippen molar-refractivity contribution in [1.82, 2.24) is 0 Å². The molecule has 0 spiro atoms. The molecule has 3 unspecified atom stereocenters. The van der Waals surface area contributed by atoms with Gasteiger partial charge >= 0.3 is 178 Å². The van der Waals surface area contributed by atoms with Crippen LogP contribution < -0.4 is 0 Å². The Morgan fingerprint density at radius 3 is 1.15 bits per heavy atom. The number of hydrogen-bond donors (Lipinski definition) is 0. The molecule has 0 radical (unpaired) electrons. The van der Waals surface area contributed by atoms with Crippen molar-refractivity contribution in [1.29, 1.82) is 0 Å². The Hall–Kier alpha value is 3.38. The van der Waals surface area contributed by atoms with Crippen molar-refractivity contribution in [2.45, 2.75) is 14.5 Å². The molecule has 0 saturated carbocycles. The van der Waals surface area contributed by atoms with E-state index in [0.717, 1.165) is 0 Å². The van der Waals surface area contributed by atoms with E-state index >= 15 is 0 Å². The summed E-state index contributed by atoms with van der Waals surface area (Å²) in [5.41, 5.74) is 0. The topological polar surface area (TPSA) is 44.8 Å². The first-order valence-corrected chi connectivity index (χ1v) is 15.8. The van der Waals surface area contributed by atoms with Crippen LogP contribution in [0.1, 0.15) is 0 Å². The fourth-order valence-electron chi connectivity index (χ4n) is 0.762. The van der Waals surface area contributed by atoms with Crippen molar-refractivity contribution in [3.8, 4) is 0 Å². The molecule has 0 aliphatic carbocycles. The molecule has 0 aliphatic rings. The standard InChI is InChI=1S/3C3H5Br2O.O.Sb/c3*4-1-3(5)2-6;;/h3*3H,1-2H2;;/q3*-1;;+3. The zero-order valence-corrected chi connectivity index (χ0v) is 22.4. The Balaban J connectivity index is 4.45. The van der Waals surface area contributed by atoms with E-state index in [0.29, 0.717) is 16.0 Å². The van der Waals surface area contributed by atoms with Gasteiger partial charge in [0.15, 0.2) is 0 Å². The molecule has 0 aliphatic heterocycles. The van der Waals surface area contributed by atoms with Gasteiger partial charge in [0, 0.05) is 0 Å². The van der Waals surface area contributed by atoms with Gasteiger partial charge in [0.25, 0.3) is 0 Å². The Labute approximate surface area is 175 Å². The average Bonchev–Trinajstić information content (AvgIpc) is 2.47. The molecule has 122 valence electrons. The van der Waals surface area contributed by atoms with E-state index in [-0.39, 0.29) is 34.3 Å². The summed E-state index contributed by atoms with van der Waals surface area (Å²) in [5, 5.41) is 2.08. The number of halogens is 6. The summed E-state index contributed by atoms with van der Waals surface area (Å²) < 4.78 is 28.9. The van der Waals surface area contributed by atoms with Crippen molar-refractivity contribution in [2.24, 2.45) is 0 Å². The van der Waals surface area contributed by atoms with E-state index < -0.39 is 20.1 Å². The molecular formula is C9H15Br6O4Sb. The monoisotopic (exact) mass is 782 g/mol. The molecule has 0 rings (SSSR count). The summed E-state index contributed by atoms with van der Waals surface area (Å²) in [5.74, 6) is 0. The summed E-state index contributed by atoms with van der Waals surface area (Å²) >= 11 is 15.5. The maximum atomic E-state index is 12.6. The first-order chi connectivity index (χ1) is 9.36. The van der Waals surface area contributed by atoms with E-state index in [1.54, 1.807) is 0 Å². The summed E-state index contributed by atoms with van der Waals surface area (Å²) in [4.78, 5) is 0.178. The zero-order chi connectivity index (χ0) is 15.6. The molecule has 0 N–H and O–H groups in total. The molecule has 3 atom stereocenters. The van der Waals surface area contributed by atoms with Gasteiger partial charge in [-0.1, -0.05) is 0 Å². The van der Waals surface area contributed by atoms with Crippen molar-refractivity contribution in [3.05, 3.63) is 0 Å². The van der Waals surface area contributed by atoms with Crippen LogP contribution in [0.2, 0.25) is 0 Å². The number of alkyl halides is 6. The van der Waals surface area contributed by atoms with Crippen molar-refractivity contribution in [2.75, 3.05) is 35.8 Å². The van der Waals surface area contributed by atoms with E-state index in [2.05, 4.69) is 95.6 Å². The van der Waals surface area contributed by atoms with Crippen LogP contribution in [0.25, 0.3) is 0 Å². The molecular weight excluding hydrogens is 773 g/mol. The van der Waals surface area contributed by atoms with Gasteiger partial charge in [-0.2, -0.15) is 0 Å². The van der Waals surface area contributed by atoms with Crippen LogP contribution in [-0.2, 0) is 12.1 Å². The van der Waals surface area contributed by atoms with Crippen LogP contribution >= 0.6 is 95.6 Å². The van der Waals surface area contributed by atoms with Gasteiger partial charge in [-0.05, 0) is 0 Å². The Morgan fingerprint density at radius 2 is 0.950 bits per heavy atom. The summed E-state index contributed by atoms with van der Waals surface area (Å²) in [6, 6.07) is 0. The molecule has 0 bridgehead atoms. The van der Waals surface area contributed by atoms with Crippen LogP contribution in [0.5, 0.6) is 0 Å². The molecule has 4 nitrogen and oxygen atoms in total. The molecule has 0 aromatic heterocycles. The maximum absolute atomic E-state index is 12.6. The third-order valence-corrected chi connectivity index (χ3v) is 12.4. The quantitative estimate of drug-likeness (QED) is 0.218. The van der Waals surface area contributed by atoms with Crippen molar-refractivity contribution in [3.63, 3.8) is 0 Å². The summed E-state index contributed by atoms with van der Waals surface area (Å²) in [6.07, 6.45) is 0. The fourth-order valence-corrected chi connectivity index (χ4v) is 7.29. The minimum atomic E-state index is -4.58. The van der Waals surface area contributed by atoms with Gasteiger partial charge < -0.3 is 0 Å². The Kier molecular flexibility index (Phi) is 15.9. The van der Waals surface area contributed by atoms with Gasteiger partial charge in [0.1, 0.15) is 0 Å². The third kappa shape index (κ3) is 11.8. The van der Waals surface area contributed by atoms with Gasteiger partial charge in [0.05, 0.1) is 0 Å². The van der Waals surface area contributed by atoms with Crippen LogP contribution in [-0.4, -0.2) is 70.3 Å². The predicted molar refractivity (Wildman–Crippen MR) is 104 cm³/mol. The van der Waals surface area contributed by atoms with Gasteiger partial charge in [-0.15, -0.1) is 0 Å². The van der Waals surface area contributed by atoms with Gasteiger partial charge in [-0.3, -0.25) is 0 Å². The van der Waals surface area contributed by atoms with Crippen molar-refractivity contribution >= 4 is 116 Å². The number of hydrogen-bond acceptors (Lipinski definition) is 4. The molecule has 11 heteroatoms. The molecule has 0 aromatic carbocycles. The third-order valence-electron chi connectivity index (χ3n) is 1.74. The second-order valence-electron chi connectivity index (χ2n) is 3.59. The van der Waals surface area contributed by atoms with Crippen molar-refractivity contribution < 1.29 is 12.1 Å². The van der Waals surface area contributed by atoms with Crippen LogP contribution in [0.3, 0.4) is 0 Å². The Morgan fingerprint density at radius 1 is 0.700 bits per heavy atom.